The summed E-state index contributed by atoms with van der Waals surface area (Å²) in [5.74, 6) is 1.48. The molecule has 2 rings (SSSR count). The van der Waals surface area contributed by atoms with Gasteiger partial charge in [0.25, 0.3) is 0 Å². The van der Waals surface area contributed by atoms with Crippen molar-refractivity contribution in [1.82, 2.24) is 0 Å². The van der Waals surface area contributed by atoms with Gasteiger partial charge in [-0.15, -0.1) is 23.1 Å². The number of benzene rings is 1. The zero-order valence-corrected chi connectivity index (χ0v) is 12.4. The molecule has 0 spiro atoms. The van der Waals surface area contributed by atoms with Gasteiger partial charge in [-0.25, -0.2) is 0 Å². The smallest absolute Gasteiger partial charge is 0.182 e. The zero-order valence-electron chi connectivity index (χ0n) is 9.98. The minimum atomic E-state index is 0.199. The average Bonchev–Trinajstić information content (AvgIpc) is 2.78. The van der Waals surface area contributed by atoms with Crippen molar-refractivity contribution in [2.45, 2.75) is 12.7 Å². The van der Waals surface area contributed by atoms with Crippen molar-refractivity contribution in [1.29, 1.82) is 0 Å². The third kappa shape index (κ3) is 3.61. The molecule has 0 N–H and O–H groups in total. The Morgan fingerprint density at radius 1 is 1.28 bits per heavy atom. The normalized spacial score (nSPS) is 10.6. The Labute approximate surface area is 120 Å². The van der Waals surface area contributed by atoms with Gasteiger partial charge in [0.15, 0.2) is 5.78 Å². The van der Waals surface area contributed by atoms with Crippen molar-refractivity contribution in [3.8, 4) is 0 Å². The van der Waals surface area contributed by atoms with Gasteiger partial charge >= 0.3 is 0 Å². The van der Waals surface area contributed by atoms with E-state index in [1.54, 1.807) is 23.1 Å². The number of rotatable bonds is 5. The van der Waals surface area contributed by atoms with Crippen LogP contribution in [0.3, 0.4) is 0 Å². The predicted octanol–water partition coefficient (Wildman–Crippen LogP) is 4.83. The highest BCUT2D eigenvalue weighted by atomic mass is 35.5. The van der Waals surface area contributed by atoms with Crippen molar-refractivity contribution in [3.05, 3.63) is 56.7 Å². The standard InChI is InChI=1S/C14H13ClOS2/c1-10-6-7-14(18-10)13(16)9-17-8-11-4-2-3-5-12(11)15/h2-7H,8-9H2,1H3. The third-order valence-electron chi connectivity index (χ3n) is 2.46. The Bertz CT molecular complexity index is 548. The number of thiophene rings is 1. The summed E-state index contributed by atoms with van der Waals surface area (Å²) in [5.41, 5.74) is 1.08. The topological polar surface area (TPSA) is 17.1 Å². The maximum atomic E-state index is 11.9. The number of aryl methyl sites for hydroxylation is 1. The summed E-state index contributed by atoms with van der Waals surface area (Å²) in [4.78, 5) is 13.9. The number of carbonyl (C=O) groups excluding carboxylic acids is 1. The molecule has 94 valence electrons. The summed E-state index contributed by atoms with van der Waals surface area (Å²) in [6, 6.07) is 11.6. The van der Waals surface area contributed by atoms with Crippen LogP contribution in [0.15, 0.2) is 36.4 Å². The van der Waals surface area contributed by atoms with Crippen LogP contribution in [0.4, 0.5) is 0 Å². The van der Waals surface area contributed by atoms with Crippen molar-refractivity contribution < 1.29 is 4.79 Å². The van der Waals surface area contributed by atoms with Gasteiger partial charge in [-0.1, -0.05) is 29.8 Å². The Morgan fingerprint density at radius 3 is 2.72 bits per heavy atom. The summed E-state index contributed by atoms with van der Waals surface area (Å²) < 4.78 is 0. The number of Topliss-reactive ketones (excluding diaryl/α,β-unsaturated/α-hetero) is 1. The van der Waals surface area contributed by atoms with Crippen molar-refractivity contribution in [3.63, 3.8) is 0 Å². The van der Waals surface area contributed by atoms with Crippen LogP contribution in [0, 0.1) is 6.92 Å². The molecule has 1 aromatic heterocycles. The maximum Gasteiger partial charge on any atom is 0.182 e. The van der Waals surface area contributed by atoms with E-state index in [4.69, 9.17) is 11.6 Å². The van der Waals surface area contributed by atoms with Gasteiger partial charge in [0.05, 0.1) is 10.6 Å². The quantitative estimate of drug-likeness (QED) is 0.735. The van der Waals surface area contributed by atoms with Gasteiger partial charge in [0.1, 0.15) is 0 Å². The van der Waals surface area contributed by atoms with Gasteiger partial charge in [-0.05, 0) is 30.7 Å². The third-order valence-corrected chi connectivity index (χ3v) is 4.86. The minimum absolute atomic E-state index is 0.199. The average molecular weight is 297 g/mol. The first-order chi connectivity index (χ1) is 8.66. The summed E-state index contributed by atoms with van der Waals surface area (Å²) >= 11 is 9.23. The van der Waals surface area contributed by atoms with Crippen molar-refractivity contribution in [2.75, 3.05) is 5.75 Å². The fourth-order valence-corrected chi connectivity index (χ4v) is 3.62. The van der Waals surface area contributed by atoms with E-state index in [1.165, 1.54) is 4.88 Å². The summed E-state index contributed by atoms with van der Waals surface area (Å²) in [6.45, 7) is 2.01. The highest BCUT2D eigenvalue weighted by molar-refractivity contribution is 7.99. The first-order valence-electron chi connectivity index (χ1n) is 5.57. The van der Waals surface area contributed by atoms with Crippen LogP contribution >= 0.6 is 34.7 Å². The zero-order chi connectivity index (χ0) is 13.0. The molecular weight excluding hydrogens is 284 g/mol. The molecule has 0 saturated heterocycles. The van der Waals surface area contributed by atoms with E-state index in [1.807, 2.05) is 43.3 Å². The molecule has 1 heterocycles. The van der Waals surface area contributed by atoms with E-state index < -0.39 is 0 Å². The lowest BCUT2D eigenvalue weighted by molar-refractivity contribution is 0.102. The second-order valence-corrected chi connectivity index (χ2v) is 6.60. The van der Waals surface area contributed by atoms with Gasteiger partial charge in [-0.3, -0.25) is 4.79 Å². The maximum absolute atomic E-state index is 11.9. The van der Waals surface area contributed by atoms with Crippen LogP contribution in [0.25, 0.3) is 0 Å². The number of hydrogen-bond acceptors (Lipinski definition) is 3. The van der Waals surface area contributed by atoms with Crippen LogP contribution in [0.5, 0.6) is 0 Å². The fourth-order valence-electron chi connectivity index (χ4n) is 1.52. The van der Waals surface area contributed by atoms with Gasteiger partial charge in [0.2, 0.25) is 0 Å². The Balaban J connectivity index is 1.86. The molecule has 0 fully saturated rings. The van der Waals surface area contributed by atoms with Crippen LogP contribution in [0.1, 0.15) is 20.1 Å². The molecule has 18 heavy (non-hydrogen) atoms. The largest absolute Gasteiger partial charge is 0.292 e. The lowest BCUT2D eigenvalue weighted by atomic mass is 10.2. The molecule has 0 radical (unpaired) electrons. The molecule has 0 aliphatic rings. The molecule has 0 bridgehead atoms. The van der Waals surface area contributed by atoms with E-state index in [0.717, 1.165) is 21.2 Å². The highest BCUT2D eigenvalue weighted by Gasteiger charge is 2.08. The lowest BCUT2D eigenvalue weighted by Crippen LogP contribution is -1.99. The van der Waals surface area contributed by atoms with E-state index in [2.05, 4.69) is 0 Å². The Hall–Kier alpha value is -0.770. The number of ketones is 1. The first-order valence-corrected chi connectivity index (χ1v) is 7.92. The summed E-state index contributed by atoms with van der Waals surface area (Å²) in [7, 11) is 0. The van der Waals surface area contributed by atoms with Crippen molar-refractivity contribution in [2.24, 2.45) is 0 Å². The van der Waals surface area contributed by atoms with Crippen LogP contribution in [-0.4, -0.2) is 11.5 Å². The molecule has 0 aliphatic heterocycles. The summed E-state index contributed by atoms with van der Waals surface area (Å²) in [6.07, 6.45) is 0. The number of carbonyl (C=O) groups is 1. The molecule has 0 amide bonds. The Morgan fingerprint density at radius 2 is 2.06 bits per heavy atom. The SMILES string of the molecule is Cc1ccc(C(=O)CSCc2ccccc2Cl)s1. The first kappa shape index (κ1) is 13.7. The summed E-state index contributed by atoms with van der Waals surface area (Å²) in [5, 5.41) is 0.768. The molecule has 0 unspecified atom stereocenters. The lowest BCUT2D eigenvalue weighted by Gasteiger charge is -2.02. The number of halogens is 1. The molecule has 1 nitrogen and oxygen atoms in total. The molecule has 1 aromatic carbocycles. The molecule has 0 atom stereocenters. The number of thioether (sulfide) groups is 1. The van der Waals surface area contributed by atoms with Crippen LogP contribution < -0.4 is 0 Å². The Kier molecular flexibility index (Phi) is 4.87. The monoisotopic (exact) mass is 296 g/mol. The van der Waals surface area contributed by atoms with Crippen LogP contribution in [0.2, 0.25) is 5.02 Å². The van der Waals surface area contributed by atoms with Crippen molar-refractivity contribution >= 4 is 40.5 Å². The molecule has 0 aliphatic carbocycles. The highest BCUT2D eigenvalue weighted by Crippen LogP contribution is 2.22. The predicted molar refractivity (Wildman–Crippen MR) is 81.0 cm³/mol. The van der Waals surface area contributed by atoms with E-state index in [-0.39, 0.29) is 5.78 Å². The van der Waals surface area contributed by atoms with Gasteiger partial charge in [0, 0.05) is 15.7 Å². The molecular formula is C14H13ClOS2. The second kappa shape index (κ2) is 6.41. The van der Waals surface area contributed by atoms with E-state index >= 15 is 0 Å². The number of hydrogen-bond donors (Lipinski definition) is 0. The second-order valence-electron chi connectivity index (χ2n) is 3.92. The molecule has 0 saturated carbocycles. The molecule has 4 heteroatoms. The van der Waals surface area contributed by atoms with E-state index in [0.29, 0.717) is 5.75 Å². The van der Waals surface area contributed by atoms with Crippen LogP contribution in [-0.2, 0) is 5.75 Å². The van der Waals surface area contributed by atoms with Gasteiger partial charge in [-0.2, -0.15) is 0 Å². The molecule has 2 aromatic rings. The minimum Gasteiger partial charge on any atom is -0.292 e. The van der Waals surface area contributed by atoms with E-state index in [9.17, 15) is 4.79 Å². The fraction of sp³-hybridized carbons (Fsp3) is 0.214. The van der Waals surface area contributed by atoms with Gasteiger partial charge < -0.3 is 0 Å².